The maximum Gasteiger partial charge on any atom is 0.326 e. The molecule has 306 valence electrons. The van der Waals surface area contributed by atoms with Crippen molar-refractivity contribution >= 4 is 46.7 Å². The standard InChI is InChI=1S/C48H38Cl2N4O7/c49-39-18-7-29(19-40(39)50)26-59-37-16-12-32(13-17-37)45-27-60-43-22-34-21-42(54(25-35(34)23-44(43)61-45)47(56)38-4-2-1-3-33(38)24-51)46(55)53-41(48(57)58)20-28-5-8-30(9-6-28)31-10-14-36(52)15-11-31/h1-19,22-23,41-42,45H,20-21,25-27,52H2,(H,53,55)(H,57,58)/t41-,42-,45?/m0/s1. The zero-order valence-corrected chi connectivity index (χ0v) is 34.0. The Bertz CT molecular complexity index is 2670. The Balaban J connectivity index is 1.00. The van der Waals surface area contributed by atoms with E-state index >= 15 is 0 Å². The first kappa shape index (κ1) is 40.8. The number of carbonyl (C=O) groups is 3. The molecule has 11 nitrogen and oxygen atoms in total. The van der Waals surface area contributed by atoms with Crippen molar-refractivity contribution in [2.45, 2.75) is 44.2 Å². The zero-order chi connectivity index (χ0) is 42.6. The smallest absolute Gasteiger partial charge is 0.326 e. The van der Waals surface area contributed by atoms with Crippen molar-refractivity contribution in [1.29, 1.82) is 5.26 Å². The van der Waals surface area contributed by atoms with E-state index in [1.54, 1.807) is 24.3 Å². The molecule has 8 rings (SSSR count). The molecular weight excluding hydrogens is 815 g/mol. The van der Waals surface area contributed by atoms with Crippen molar-refractivity contribution in [1.82, 2.24) is 10.2 Å². The minimum atomic E-state index is -1.29. The number of aliphatic carboxylic acids is 1. The number of carbonyl (C=O) groups excluding carboxylic acids is 2. The minimum Gasteiger partial charge on any atom is -0.489 e. The number of nitrogens with two attached hydrogens (primary N) is 1. The number of nitrogens with zero attached hydrogens (tertiary/aromatic N) is 2. The van der Waals surface area contributed by atoms with Crippen molar-refractivity contribution in [2.75, 3.05) is 12.3 Å². The average molecular weight is 854 g/mol. The first-order valence-corrected chi connectivity index (χ1v) is 20.2. The van der Waals surface area contributed by atoms with Crippen LogP contribution < -0.4 is 25.3 Å². The second-order valence-electron chi connectivity index (χ2n) is 14.8. The molecule has 0 bridgehead atoms. The van der Waals surface area contributed by atoms with E-state index in [1.165, 1.54) is 17.0 Å². The summed E-state index contributed by atoms with van der Waals surface area (Å²) < 4.78 is 18.6. The van der Waals surface area contributed by atoms with E-state index < -0.39 is 36.0 Å². The summed E-state index contributed by atoms with van der Waals surface area (Å²) in [4.78, 5) is 42.5. The number of nitriles is 1. The van der Waals surface area contributed by atoms with Gasteiger partial charge in [-0.25, -0.2) is 4.79 Å². The fourth-order valence-electron chi connectivity index (χ4n) is 7.47. The summed E-state index contributed by atoms with van der Waals surface area (Å²) in [6.45, 7) is 0.515. The first-order chi connectivity index (χ1) is 29.5. The molecule has 0 radical (unpaired) electrons. The van der Waals surface area contributed by atoms with Gasteiger partial charge in [-0.2, -0.15) is 5.26 Å². The maximum atomic E-state index is 14.3. The van der Waals surface area contributed by atoms with Gasteiger partial charge in [0, 0.05) is 25.1 Å². The molecular formula is C48H38Cl2N4O7. The Kier molecular flexibility index (Phi) is 11.8. The van der Waals surface area contributed by atoms with Gasteiger partial charge in [0.05, 0.1) is 27.2 Å². The van der Waals surface area contributed by atoms with E-state index in [1.807, 2.05) is 91.0 Å². The van der Waals surface area contributed by atoms with E-state index in [0.29, 0.717) is 45.2 Å². The van der Waals surface area contributed by atoms with Gasteiger partial charge in [-0.3, -0.25) is 9.59 Å². The number of hydrogen-bond acceptors (Lipinski definition) is 8. The molecule has 0 fully saturated rings. The summed E-state index contributed by atoms with van der Waals surface area (Å²) in [5.74, 6) is -0.797. The van der Waals surface area contributed by atoms with Crippen LogP contribution in [0.5, 0.6) is 17.2 Å². The number of benzene rings is 6. The van der Waals surface area contributed by atoms with Crippen LogP contribution in [0, 0.1) is 11.3 Å². The molecule has 0 aromatic heterocycles. The number of amides is 2. The highest BCUT2D eigenvalue weighted by molar-refractivity contribution is 6.42. The van der Waals surface area contributed by atoms with Gasteiger partial charge in [0.1, 0.15) is 31.0 Å². The number of nitrogen functional groups attached to an aromatic ring is 1. The molecule has 2 heterocycles. The third-order valence-electron chi connectivity index (χ3n) is 10.8. The lowest BCUT2D eigenvalue weighted by Crippen LogP contribution is -2.56. The van der Waals surface area contributed by atoms with Crippen molar-refractivity contribution in [3.05, 3.63) is 176 Å². The van der Waals surface area contributed by atoms with E-state index in [-0.39, 0.29) is 37.1 Å². The molecule has 0 saturated heterocycles. The molecule has 0 spiro atoms. The van der Waals surface area contributed by atoms with Crippen molar-refractivity contribution in [2.24, 2.45) is 0 Å². The third kappa shape index (κ3) is 9.11. The van der Waals surface area contributed by atoms with Gasteiger partial charge >= 0.3 is 5.97 Å². The van der Waals surface area contributed by atoms with Crippen LogP contribution in [0.15, 0.2) is 127 Å². The fourth-order valence-corrected chi connectivity index (χ4v) is 7.79. The number of rotatable bonds is 11. The van der Waals surface area contributed by atoms with Crippen molar-refractivity contribution in [3.63, 3.8) is 0 Å². The molecule has 4 N–H and O–H groups in total. The summed E-state index contributed by atoms with van der Waals surface area (Å²) in [6, 6.07) is 37.3. The maximum absolute atomic E-state index is 14.3. The molecule has 61 heavy (non-hydrogen) atoms. The highest BCUT2D eigenvalue weighted by atomic mass is 35.5. The highest BCUT2D eigenvalue weighted by Gasteiger charge is 2.39. The summed E-state index contributed by atoms with van der Waals surface area (Å²) >= 11 is 12.2. The molecule has 2 aliphatic heterocycles. The van der Waals surface area contributed by atoms with Gasteiger partial charge < -0.3 is 35.3 Å². The molecule has 0 aliphatic carbocycles. The zero-order valence-electron chi connectivity index (χ0n) is 32.5. The van der Waals surface area contributed by atoms with Gasteiger partial charge in [-0.1, -0.05) is 89.9 Å². The van der Waals surface area contributed by atoms with Crippen LogP contribution in [0.4, 0.5) is 5.69 Å². The number of anilines is 1. The van der Waals surface area contributed by atoms with Gasteiger partial charge in [0.15, 0.2) is 17.6 Å². The van der Waals surface area contributed by atoms with Crippen molar-refractivity contribution in [3.8, 4) is 34.4 Å². The summed E-state index contributed by atoms with van der Waals surface area (Å²) in [5, 5.41) is 23.8. The molecule has 2 amide bonds. The van der Waals surface area contributed by atoms with E-state index in [4.69, 9.17) is 43.1 Å². The summed E-state index contributed by atoms with van der Waals surface area (Å²) in [5.41, 5.74) is 12.5. The largest absolute Gasteiger partial charge is 0.489 e. The topological polar surface area (TPSA) is 164 Å². The van der Waals surface area contributed by atoms with Crippen LogP contribution in [-0.4, -0.2) is 46.5 Å². The predicted octanol–water partition coefficient (Wildman–Crippen LogP) is 8.58. The summed E-state index contributed by atoms with van der Waals surface area (Å²) in [7, 11) is 0. The molecule has 2 aliphatic rings. The number of fused-ring (bicyclic) bond motifs is 2. The van der Waals surface area contributed by atoms with Crippen LogP contribution in [0.3, 0.4) is 0 Å². The predicted molar refractivity (Wildman–Crippen MR) is 231 cm³/mol. The van der Waals surface area contributed by atoms with Crippen LogP contribution in [0.25, 0.3) is 11.1 Å². The van der Waals surface area contributed by atoms with Gasteiger partial charge in [0.2, 0.25) is 5.91 Å². The Morgan fingerprint density at radius 2 is 1.54 bits per heavy atom. The van der Waals surface area contributed by atoms with Gasteiger partial charge in [0.25, 0.3) is 5.91 Å². The van der Waals surface area contributed by atoms with Crippen LogP contribution >= 0.6 is 23.2 Å². The van der Waals surface area contributed by atoms with Gasteiger partial charge in [-0.05, 0) is 99.6 Å². The Hall–Kier alpha value is -7.00. The minimum absolute atomic E-state index is 0.00590. The number of nitrogens with one attached hydrogen (secondary N) is 1. The van der Waals surface area contributed by atoms with E-state index in [2.05, 4.69) is 11.4 Å². The first-order valence-electron chi connectivity index (χ1n) is 19.4. The second-order valence-corrected chi connectivity index (χ2v) is 15.6. The highest BCUT2D eigenvalue weighted by Crippen LogP contribution is 2.41. The average Bonchev–Trinajstić information content (AvgIpc) is 3.28. The Morgan fingerprint density at radius 3 is 2.25 bits per heavy atom. The number of ether oxygens (including phenoxy) is 3. The molecule has 13 heteroatoms. The molecule has 6 aromatic carbocycles. The summed E-state index contributed by atoms with van der Waals surface area (Å²) in [6.07, 6.45) is -0.376. The Labute approximate surface area is 361 Å². The van der Waals surface area contributed by atoms with Crippen molar-refractivity contribution < 1.29 is 33.7 Å². The fraction of sp³-hybridized carbons (Fsp3) is 0.167. The Morgan fingerprint density at radius 1 is 0.852 bits per heavy atom. The molecule has 3 atom stereocenters. The van der Waals surface area contributed by atoms with Gasteiger partial charge in [-0.15, -0.1) is 0 Å². The normalized spacial score (nSPS) is 15.8. The van der Waals surface area contributed by atoms with E-state index in [9.17, 15) is 24.8 Å². The quantitative estimate of drug-likeness (QED) is 0.108. The number of halogens is 2. The van der Waals surface area contributed by atoms with Crippen LogP contribution in [-0.2, 0) is 35.6 Å². The second kappa shape index (κ2) is 17.7. The van der Waals surface area contributed by atoms with Crippen LogP contribution in [0.2, 0.25) is 10.0 Å². The van der Waals surface area contributed by atoms with E-state index in [0.717, 1.165) is 33.4 Å². The molecule has 6 aromatic rings. The lowest BCUT2D eigenvalue weighted by atomic mass is 9.91. The number of carboxylic acids is 1. The SMILES string of the molecule is N#Cc1ccccc1C(=O)N1Cc2cc3c(cc2C[C@H]1C(=O)N[C@@H](Cc1ccc(-c2ccc(N)cc2)cc1)C(=O)O)OCC(c1ccc(OCc2ccc(Cl)c(Cl)c2)cc1)O3. The number of carboxylic acid groups (broad SMARTS) is 1. The monoisotopic (exact) mass is 852 g/mol. The molecule has 0 saturated carbocycles. The third-order valence-corrected chi connectivity index (χ3v) is 11.5. The lowest BCUT2D eigenvalue weighted by molar-refractivity contribution is -0.142. The molecule has 1 unspecified atom stereocenters. The number of hydrogen-bond donors (Lipinski definition) is 3. The lowest BCUT2D eigenvalue weighted by Gasteiger charge is -2.38. The van der Waals surface area contributed by atoms with Crippen LogP contribution in [0.1, 0.15) is 49.8 Å².